The zero-order chi connectivity index (χ0) is 60.8. The molecule has 0 radical (unpaired) electrons. The molecule has 9 aromatic carbocycles. The minimum Gasteiger partial charge on any atom is -0.467 e. The number of rotatable bonds is 18. The molecule has 14 aromatic rings. The Hall–Kier alpha value is -10.5. The highest BCUT2D eigenvalue weighted by molar-refractivity contribution is 7.71. The van der Waals surface area contributed by atoms with Crippen molar-refractivity contribution < 1.29 is 23.5 Å². The number of fused-ring (bicyclic) bond motifs is 4. The van der Waals surface area contributed by atoms with E-state index in [9.17, 15) is 9.59 Å². The monoisotopic (exact) mass is 1210 g/mol. The van der Waals surface area contributed by atoms with E-state index in [2.05, 4.69) is 180 Å². The third-order valence-electron chi connectivity index (χ3n) is 16.6. The van der Waals surface area contributed by atoms with Crippen LogP contribution < -0.4 is 0 Å². The maximum atomic E-state index is 12.5. The number of ether oxygens (including phenoxy) is 2. The van der Waals surface area contributed by atoms with Crippen LogP contribution in [0, 0.1) is 9.54 Å². The molecule has 14 rings (SSSR count). The van der Waals surface area contributed by atoms with Crippen molar-refractivity contribution >= 4 is 80.5 Å². The first-order valence-corrected chi connectivity index (χ1v) is 30.4. The number of nitrogens with one attached hydrogen (secondary N) is 2. The number of hydrogen-bond acceptors (Lipinski definition) is 9. The molecule has 0 aliphatic heterocycles. The summed E-state index contributed by atoms with van der Waals surface area (Å²) in [5.41, 5.74) is 16.2. The standard InChI is InChI=1S/C38H32N4O2S.C36H30N4O3S/c1-44-37(43)29-20-21-34-33(24-29)39-36(41(34)23-22-30(27-14-7-3-8-15-27)28-16-9-4-10-17-28)31-18-11-19-32-35(31)42(38(45)40-32)25-26-12-5-2-6-13-26;1-42-35(41)26-17-18-32-31(22-26)37-34(29-15-8-16-30-33(29)40(36(44)38-30)23-27-14-9-21-43-27)39(32)20-19-28(24-10-4-2-5-11-24)25-12-6-3-7-13-25/h2-21,24,30H,22-23,25H2,1H3,(H,40,45);2-18,21-22,28H,19-20,23H2,1H3,(H,38,44). The second kappa shape index (κ2) is 25.8. The maximum absolute atomic E-state index is 12.5. The summed E-state index contributed by atoms with van der Waals surface area (Å²) in [6.07, 6.45) is 3.36. The second-order valence-corrected chi connectivity index (χ2v) is 22.7. The summed E-state index contributed by atoms with van der Waals surface area (Å²) >= 11 is 11.6. The van der Waals surface area contributed by atoms with Crippen LogP contribution in [0.3, 0.4) is 0 Å². The summed E-state index contributed by atoms with van der Waals surface area (Å²) in [5.74, 6) is 2.03. The molecule has 5 heterocycles. The summed E-state index contributed by atoms with van der Waals surface area (Å²) in [6.45, 7) is 2.52. The molecule has 0 unspecified atom stereocenters. The van der Waals surface area contributed by atoms with Crippen LogP contribution in [-0.4, -0.2) is 64.4 Å². The van der Waals surface area contributed by atoms with Crippen LogP contribution in [-0.2, 0) is 35.7 Å². The Morgan fingerprint density at radius 2 is 0.865 bits per heavy atom. The molecule has 0 aliphatic rings. The number of aryl methyl sites for hydroxylation is 2. The number of carbonyl (C=O) groups is 2. The average molecular weight is 1210 g/mol. The van der Waals surface area contributed by atoms with Gasteiger partial charge >= 0.3 is 11.9 Å². The summed E-state index contributed by atoms with van der Waals surface area (Å²) in [7, 11) is 2.79. The minimum atomic E-state index is -0.393. The molecule has 0 amide bonds. The molecule has 0 saturated heterocycles. The minimum absolute atomic E-state index is 0.184. The third kappa shape index (κ3) is 11.9. The highest BCUT2D eigenvalue weighted by Crippen LogP contribution is 2.38. The van der Waals surface area contributed by atoms with E-state index in [1.54, 1.807) is 18.4 Å². The first-order valence-electron chi connectivity index (χ1n) is 29.6. The second-order valence-electron chi connectivity index (χ2n) is 21.9. The number of hydrogen-bond donors (Lipinski definition) is 2. The Morgan fingerprint density at radius 3 is 1.26 bits per heavy atom. The van der Waals surface area contributed by atoms with Gasteiger partial charge in [0.15, 0.2) is 9.54 Å². The number of methoxy groups -OCH3 is 2. The zero-order valence-electron chi connectivity index (χ0n) is 49.0. The first-order chi connectivity index (χ1) is 43.7. The molecule has 89 heavy (non-hydrogen) atoms. The van der Waals surface area contributed by atoms with Crippen molar-refractivity contribution in [3.05, 3.63) is 297 Å². The number of furan rings is 1. The SMILES string of the molecule is COC(=O)c1ccc2c(c1)nc(-c1cccc3[nH]c(=S)n(Cc4ccccc4)c13)n2CCC(c1ccccc1)c1ccccc1.COC(=O)c1ccc2c(c1)nc(-c1cccc3[nH]c(=S)n(Cc4ccco4)c13)n2CCC(c1ccccc1)c1ccccc1. The topological polar surface area (TPSA) is 143 Å². The lowest BCUT2D eigenvalue weighted by molar-refractivity contribution is 0.0592. The summed E-state index contributed by atoms with van der Waals surface area (Å²) in [4.78, 5) is 42.0. The van der Waals surface area contributed by atoms with Crippen LogP contribution >= 0.6 is 24.4 Å². The zero-order valence-corrected chi connectivity index (χ0v) is 50.7. The number of carbonyl (C=O) groups excluding carboxylic acids is 2. The lowest BCUT2D eigenvalue weighted by atomic mass is 9.88. The fourth-order valence-corrected chi connectivity index (χ4v) is 12.9. The van der Waals surface area contributed by atoms with E-state index in [4.69, 9.17) is 48.3 Å². The third-order valence-corrected chi connectivity index (χ3v) is 17.2. The molecule has 0 fully saturated rings. The van der Waals surface area contributed by atoms with Gasteiger partial charge in [-0.05, 0) is 138 Å². The van der Waals surface area contributed by atoms with Crippen molar-refractivity contribution in [1.29, 1.82) is 0 Å². The van der Waals surface area contributed by atoms with Gasteiger partial charge in [-0.3, -0.25) is 0 Å². The quantitative estimate of drug-likeness (QED) is 0.0634. The van der Waals surface area contributed by atoms with E-state index in [0.717, 1.165) is 91.1 Å². The van der Waals surface area contributed by atoms with Gasteiger partial charge in [-0.25, -0.2) is 19.6 Å². The van der Waals surface area contributed by atoms with E-state index in [1.165, 1.54) is 36.5 Å². The highest BCUT2D eigenvalue weighted by Gasteiger charge is 2.25. The Balaban J connectivity index is 0.000000164. The molecule has 440 valence electrons. The van der Waals surface area contributed by atoms with E-state index < -0.39 is 5.97 Å². The van der Waals surface area contributed by atoms with Gasteiger partial charge < -0.3 is 42.1 Å². The van der Waals surface area contributed by atoms with E-state index >= 15 is 0 Å². The van der Waals surface area contributed by atoms with E-state index in [1.807, 2.05) is 72.8 Å². The fraction of sp³-hybridized carbons (Fsp3) is 0.135. The van der Waals surface area contributed by atoms with Gasteiger partial charge in [0, 0.05) is 36.1 Å². The van der Waals surface area contributed by atoms with Crippen LogP contribution in [0.25, 0.3) is 66.9 Å². The molecule has 2 N–H and O–H groups in total. The van der Waals surface area contributed by atoms with Gasteiger partial charge in [0.1, 0.15) is 17.4 Å². The van der Waals surface area contributed by atoms with Gasteiger partial charge in [-0.2, -0.15) is 0 Å². The van der Waals surface area contributed by atoms with Crippen LogP contribution in [0.4, 0.5) is 0 Å². The number of para-hydroxylation sites is 2. The smallest absolute Gasteiger partial charge is 0.337 e. The van der Waals surface area contributed by atoms with Gasteiger partial charge in [0.25, 0.3) is 0 Å². The molecule has 5 aromatic heterocycles. The van der Waals surface area contributed by atoms with Crippen LogP contribution in [0.2, 0.25) is 0 Å². The fourth-order valence-electron chi connectivity index (χ4n) is 12.3. The van der Waals surface area contributed by atoms with Crippen molar-refractivity contribution in [3.63, 3.8) is 0 Å². The highest BCUT2D eigenvalue weighted by atomic mass is 32.1. The number of H-pyrrole nitrogens is 2. The van der Waals surface area contributed by atoms with Crippen molar-refractivity contribution in [2.24, 2.45) is 0 Å². The molecule has 0 bridgehead atoms. The Morgan fingerprint density at radius 1 is 0.461 bits per heavy atom. The van der Waals surface area contributed by atoms with Crippen molar-refractivity contribution in [1.82, 2.24) is 38.2 Å². The number of nitrogens with zero attached hydrogens (tertiary/aromatic N) is 6. The molecule has 0 atom stereocenters. The van der Waals surface area contributed by atoms with E-state index in [-0.39, 0.29) is 17.8 Å². The lowest BCUT2D eigenvalue weighted by Crippen LogP contribution is -2.09. The van der Waals surface area contributed by atoms with Gasteiger partial charge in [-0.1, -0.05) is 164 Å². The van der Waals surface area contributed by atoms with Gasteiger partial charge in [0.2, 0.25) is 0 Å². The molecule has 15 heteroatoms. The Labute approximate surface area is 524 Å². The predicted molar refractivity (Wildman–Crippen MR) is 356 cm³/mol. The summed E-state index contributed by atoms with van der Waals surface area (Å²) < 4.78 is 25.7. The average Bonchev–Trinajstić information content (AvgIpc) is 1.69. The van der Waals surface area contributed by atoms with Crippen molar-refractivity contribution in [2.75, 3.05) is 14.2 Å². The largest absolute Gasteiger partial charge is 0.467 e. The maximum Gasteiger partial charge on any atom is 0.337 e. The molecule has 0 spiro atoms. The first kappa shape index (κ1) is 57.6. The van der Waals surface area contributed by atoms with Crippen LogP contribution in [0.15, 0.2) is 247 Å². The van der Waals surface area contributed by atoms with Crippen molar-refractivity contribution in [2.45, 2.75) is 50.9 Å². The molecule has 13 nitrogen and oxygen atoms in total. The normalized spacial score (nSPS) is 11.5. The van der Waals surface area contributed by atoms with E-state index in [0.29, 0.717) is 46.8 Å². The number of imidazole rings is 4. The van der Waals surface area contributed by atoms with Crippen molar-refractivity contribution in [3.8, 4) is 22.8 Å². The molecular weight excluding hydrogens is 1140 g/mol. The molecule has 0 aliphatic carbocycles. The number of benzene rings is 9. The summed E-state index contributed by atoms with van der Waals surface area (Å²) in [5, 5.41) is 0. The Bertz CT molecular complexity index is 4840. The van der Waals surface area contributed by atoms with Crippen LogP contribution in [0.1, 0.15) is 79.0 Å². The molecular formula is C74H62N8O5S2. The Kier molecular flexibility index (Phi) is 16.7. The number of esters is 2. The van der Waals surface area contributed by atoms with Gasteiger partial charge in [-0.15, -0.1) is 0 Å². The number of aromatic amines is 2. The predicted octanol–water partition coefficient (Wildman–Crippen LogP) is 17.1. The van der Waals surface area contributed by atoms with Gasteiger partial charge in [0.05, 0.1) is 88.8 Å². The molecule has 0 saturated carbocycles. The number of aromatic nitrogens is 8. The van der Waals surface area contributed by atoms with Crippen LogP contribution in [0.5, 0.6) is 0 Å². The summed E-state index contributed by atoms with van der Waals surface area (Å²) in [6, 6.07) is 80.2. The lowest BCUT2D eigenvalue weighted by Gasteiger charge is -2.20.